The smallest absolute Gasteiger partial charge is 0.272 e. The Hall–Kier alpha value is -2.93. The van der Waals surface area contributed by atoms with Gasteiger partial charge in [0.15, 0.2) is 0 Å². The second kappa shape index (κ2) is 6.90. The van der Waals surface area contributed by atoms with Crippen LogP contribution in [0.15, 0.2) is 51.2 Å². The molecule has 0 saturated carbocycles. The monoisotopic (exact) mass is 398 g/mol. The molecular formula is C18H15BrN4O2. The summed E-state index contributed by atoms with van der Waals surface area (Å²) in [4.78, 5) is 36.9. The topological polar surface area (TPSA) is 94.4 Å². The summed E-state index contributed by atoms with van der Waals surface area (Å²) >= 11 is 3.37. The number of aromatic nitrogens is 4. The number of aromatic amines is 3. The van der Waals surface area contributed by atoms with Crippen molar-refractivity contribution in [1.82, 2.24) is 19.9 Å². The van der Waals surface area contributed by atoms with Crippen LogP contribution in [0.4, 0.5) is 0 Å². The average molecular weight is 399 g/mol. The minimum absolute atomic E-state index is 0.131. The molecule has 3 N–H and O–H groups in total. The highest BCUT2D eigenvalue weighted by atomic mass is 79.9. The van der Waals surface area contributed by atoms with E-state index in [1.807, 2.05) is 31.2 Å². The predicted octanol–water partition coefficient (Wildman–Crippen LogP) is 1.24. The largest absolute Gasteiger partial charge is 0.344 e. The molecule has 0 radical (unpaired) electrons. The SMILES string of the molecule is C=C(C)c1[nH]cnc1/C=c1\[nH]c(=O)/c(=C/c2cccc(Br)c2)[nH]c1=O. The maximum Gasteiger partial charge on any atom is 0.272 e. The van der Waals surface area contributed by atoms with Gasteiger partial charge in [-0.2, -0.15) is 0 Å². The third-order valence-corrected chi connectivity index (χ3v) is 4.02. The van der Waals surface area contributed by atoms with Crippen LogP contribution in [-0.2, 0) is 0 Å². The van der Waals surface area contributed by atoms with Crippen LogP contribution in [0.2, 0.25) is 0 Å². The van der Waals surface area contributed by atoms with Crippen LogP contribution in [0.3, 0.4) is 0 Å². The number of imidazole rings is 1. The van der Waals surface area contributed by atoms with Gasteiger partial charge in [-0.1, -0.05) is 34.6 Å². The number of allylic oxidation sites excluding steroid dienone is 1. The van der Waals surface area contributed by atoms with Crippen LogP contribution >= 0.6 is 15.9 Å². The third kappa shape index (κ3) is 3.77. The molecular weight excluding hydrogens is 384 g/mol. The van der Waals surface area contributed by atoms with E-state index in [9.17, 15) is 9.59 Å². The van der Waals surface area contributed by atoms with Gasteiger partial charge in [-0.25, -0.2) is 4.98 Å². The van der Waals surface area contributed by atoms with E-state index < -0.39 is 11.1 Å². The van der Waals surface area contributed by atoms with Crippen LogP contribution < -0.4 is 21.8 Å². The van der Waals surface area contributed by atoms with Gasteiger partial charge in [0.05, 0.1) is 17.7 Å². The fourth-order valence-corrected chi connectivity index (χ4v) is 2.77. The number of rotatable bonds is 3. The number of halogens is 1. The van der Waals surface area contributed by atoms with E-state index in [4.69, 9.17) is 0 Å². The summed E-state index contributed by atoms with van der Waals surface area (Å²) in [6, 6.07) is 7.42. The van der Waals surface area contributed by atoms with Crippen LogP contribution in [0.1, 0.15) is 23.9 Å². The molecule has 0 bridgehead atoms. The number of H-pyrrole nitrogens is 3. The summed E-state index contributed by atoms with van der Waals surface area (Å²) in [6.45, 7) is 5.68. The maximum atomic E-state index is 12.3. The Labute approximate surface area is 150 Å². The minimum Gasteiger partial charge on any atom is -0.344 e. The Bertz CT molecular complexity index is 1180. The fraction of sp³-hybridized carbons (Fsp3) is 0.0556. The minimum atomic E-state index is -0.406. The van der Waals surface area contributed by atoms with Crippen molar-refractivity contribution in [2.45, 2.75) is 6.92 Å². The molecule has 2 heterocycles. The Morgan fingerprint density at radius 1 is 1.16 bits per heavy atom. The predicted molar refractivity (Wildman–Crippen MR) is 102 cm³/mol. The van der Waals surface area contributed by atoms with Gasteiger partial charge in [-0.05, 0) is 42.3 Å². The van der Waals surface area contributed by atoms with Gasteiger partial charge in [0, 0.05) is 4.47 Å². The molecule has 0 saturated heterocycles. The molecule has 0 atom stereocenters. The molecule has 0 aliphatic carbocycles. The molecule has 6 nitrogen and oxygen atoms in total. The van der Waals surface area contributed by atoms with E-state index in [1.54, 1.807) is 6.08 Å². The van der Waals surface area contributed by atoms with Gasteiger partial charge < -0.3 is 15.0 Å². The van der Waals surface area contributed by atoms with Crippen molar-refractivity contribution >= 4 is 33.7 Å². The number of hydrogen-bond acceptors (Lipinski definition) is 3. The molecule has 0 fully saturated rings. The van der Waals surface area contributed by atoms with Crippen molar-refractivity contribution in [3.63, 3.8) is 0 Å². The summed E-state index contributed by atoms with van der Waals surface area (Å²) in [5, 5.41) is 0.313. The molecule has 7 heteroatoms. The molecule has 126 valence electrons. The maximum absolute atomic E-state index is 12.3. The molecule has 1 aromatic carbocycles. The van der Waals surface area contributed by atoms with E-state index in [0.29, 0.717) is 11.4 Å². The zero-order valence-electron chi connectivity index (χ0n) is 13.4. The highest BCUT2D eigenvalue weighted by molar-refractivity contribution is 9.10. The molecule has 0 amide bonds. The average Bonchev–Trinajstić information content (AvgIpc) is 3.01. The normalized spacial score (nSPS) is 12.6. The first kappa shape index (κ1) is 16.9. The first-order valence-corrected chi connectivity index (χ1v) is 8.24. The number of benzene rings is 1. The second-order valence-electron chi connectivity index (χ2n) is 5.52. The summed E-state index contributed by atoms with van der Waals surface area (Å²) in [5.41, 5.74) is 2.03. The van der Waals surface area contributed by atoms with Gasteiger partial charge in [0.25, 0.3) is 11.1 Å². The van der Waals surface area contributed by atoms with E-state index in [-0.39, 0.29) is 10.7 Å². The van der Waals surface area contributed by atoms with Gasteiger partial charge in [0.1, 0.15) is 10.7 Å². The van der Waals surface area contributed by atoms with Crippen LogP contribution in [0.5, 0.6) is 0 Å². The molecule has 3 aromatic rings. The molecule has 0 spiro atoms. The van der Waals surface area contributed by atoms with Crippen LogP contribution in [0.25, 0.3) is 17.7 Å². The first-order valence-electron chi connectivity index (χ1n) is 7.45. The molecule has 2 aromatic heterocycles. The lowest BCUT2D eigenvalue weighted by Gasteiger charge is -1.96. The van der Waals surface area contributed by atoms with Gasteiger partial charge in [-0.15, -0.1) is 0 Å². The van der Waals surface area contributed by atoms with E-state index in [2.05, 4.69) is 42.4 Å². The Morgan fingerprint density at radius 2 is 1.84 bits per heavy atom. The zero-order valence-corrected chi connectivity index (χ0v) is 15.0. The lowest BCUT2D eigenvalue weighted by atomic mass is 10.2. The van der Waals surface area contributed by atoms with E-state index in [1.165, 1.54) is 12.4 Å². The van der Waals surface area contributed by atoms with Crippen LogP contribution in [-0.4, -0.2) is 19.9 Å². The second-order valence-corrected chi connectivity index (χ2v) is 6.44. The summed E-state index contributed by atoms with van der Waals surface area (Å²) in [6.07, 6.45) is 4.64. The number of nitrogens with zero attached hydrogens (tertiary/aromatic N) is 1. The van der Waals surface area contributed by atoms with Crippen molar-refractivity contribution in [2.24, 2.45) is 0 Å². The Morgan fingerprint density at radius 3 is 2.48 bits per heavy atom. The van der Waals surface area contributed by atoms with Crippen LogP contribution in [0, 0.1) is 0 Å². The molecule has 0 aliphatic heterocycles. The lowest BCUT2D eigenvalue weighted by Crippen LogP contribution is -2.46. The van der Waals surface area contributed by atoms with Crippen molar-refractivity contribution in [3.8, 4) is 0 Å². The molecule has 25 heavy (non-hydrogen) atoms. The van der Waals surface area contributed by atoms with E-state index >= 15 is 0 Å². The molecule has 0 unspecified atom stereocenters. The van der Waals surface area contributed by atoms with E-state index in [0.717, 1.165) is 15.6 Å². The third-order valence-electron chi connectivity index (χ3n) is 3.52. The highest BCUT2D eigenvalue weighted by Crippen LogP contribution is 2.12. The van der Waals surface area contributed by atoms with Crippen molar-refractivity contribution in [3.05, 3.63) is 90.0 Å². The lowest BCUT2D eigenvalue weighted by molar-refractivity contribution is 1.00. The Kier molecular flexibility index (Phi) is 4.67. The Balaban J connectivity index is 2.15. The molecule has 3 rings (SSSR count). The summed E-state index contributed by atoms with van der Waals surface area (Å²) in [5.74, 6) is 0. The zero-order chi connectivity index (χ0) is 18.0. The summed E-state index contributed by atoms with van der Waals surface area (Å²) in [7, 11) is 0. The van der Waals surface area contributed by atoms with Gasteiger partial charge in [-0.3, -0.25) is 9.59 Å². The fourth-order valence-electron chi connectivity index (χ4n) is 2.35. The van der Waals surface area contributed by atoms with Gasteiger partial charge in [0.2, 0.25) is 0 Å². The number of nitrogens with one attached hydrogen (secondary N) is 3. The summed E-state index contributed by atoms with van der Waals surface area (Å²) < 4.78 is 0.885. The van der Waals surface area contributed by atoms with Gasteiger partial charge >= 0.3 is 0 Å². The highest BCUT2D eigenvalue weighted by Gasteiger charge is 2.04. The quantitative estimate of drug-likeness (QED) is 0.619. The first-order chi connectivity index (χ1) is 11.9. The van der Waals surface area contributed by atoms with Crippen molar-refractivity contribution in [1.29, 1.82) is 0 Å². The van der Waals surface area contributed by atoms with Crippen molar-refractivity contribution in [2.75, 3.05) is 0 Å². The van der Waals surface area contributed by atoms with Crippen molar-refractivity contribution < 1.29 is 0 Å². The standard InChI is InChI=1S/C18H15BrN4O2/c1-10(2)16-13(20-9-21-16)8-15-18(25)22-14(17(24)23-15)7-11-4-3-5-12(19)6-11/h3-9H,1H2,2H3,(H,20,21)(H,22,25)(H,23,24)/b14-7-,15-8-. The molecule has 0 aliphatic rings. The number of hydrogen-bond donors (Lipinski definition) is 3.